The van der Waals surface area contributed by atoms with E-state index in [0.717, 1.165) is 19.4 Å². The van der Waals surface area contributed by atoms with Gasteiger partial charge in [-0.05, 0) is 32.9 Å². The van der Waals surface area contributed by atoms with Gasteiger partial charge < -0.3 is 24.9 Å². The summed E-state index contributed by atoms with van der Waals surface area (Å²) in [7, 11) is 4.08. The Balaban J connectivity index is 1.91. The van der Waals surface area contributed by atoms with Crippen LogP contribution in [0.3, 0.4) is 0 Å². The van der Waals surface area contributed by atoms with Crippen LogP contribution in [0, 0.1) is 5.92 Å². The van der Waals surface area contributed by atoms with Crippen LogP contribution in [0.25, 0.3) is 0 Å². The van der Waals surface area contributed by atoms with E-state index >= 15 is 0 Å². The van der Waals surface area contributed by atoms with Crippen LogP contribution >= 0.6 is 0 Å². The number of hydrogen-bond acceptors (Lipinski definition) is 4. The van der Waals surface area contributed by atoms with Crippen molar-refractivity contribution < 1.29 is 19.8 Å². The zero-order valence-electron chi connectivity index (χ0n) is 12.7. The third-order valence-corrected chi connectivity index (χ3v) is 4.32. The largest absolute Gasteiger partial charge is 0.480 e. The number of hydrogen-bond donors (Lipinski definition) is 2. The van der Waals surface area contributed by atoms with E-state index in [1.54, 1.807) is 4.90 Å². The molecule has 0 spiro atoms. The molecule has 0 radical (unpaired) electrons. The molecule has 0 aromatic heterocycles. The number of aliphatic carboxylic acids is 1. The molecule has 2 aliphatic heterocycles. The minimum Gasteiger partial charge on any atom is -0.480 e. The van der Waals surface area contributed by atoms with E-state index in [2.05, 4.69) is 4.90 Å². The summed E-state index contributed by atoms with van der Waals surface area (Å²) in [5.74, 6) is -0.453. The zero-order valence-corrected chi connectivity index (χ0v) is 12.7. The number of amides is 2. The Morgan fingerprint density at radius 2 is 1.86 bits per heavy atom. The Bertz CT molecular complexity index is 394. The molecule has 7 heteroatoms. The molecule has 21 heavy (non-hydrogen) atoms. The number of carbonyl (C=O) groups is 2. The van der Waals surface area contributed by atoms with Crippen molar-refractivity contribution in [1.82, 2.24) is 14.7 Å². The van der Waals surface area contributed by atoms with Gasteiger partial charge in [-0.3, -0.25) is 0 Å². The molecule has 2 fully saturated rings. The average Bonchev–Trinajstić information content (AvgIpc) is 2.80. The Morgan fingerprint density at radius 3 is 2.38 bits per heavy atom. The molecule has 2 amide bonds. The summed E-state index contributed by atoms with van der Waals surface area (Å²) >= 11 is 0. The second-order valence-electron chi connectivity index (χ2n) is 6.37. The molecule has 0 saturated carbocycles. The molecule has 2 heterocycles. The highest BCUT2D eigenvalue weighted by atomic mass is 16.4. The number of rotatable bonds is 3. The molecule has 2 saturated heterocycles. The topological polar surface area (TPSA) is 84.3 Å². The molecule has 2 atom stereocenters. The van der Waals surface area contributed by atoms with E-state index in [4.69, 9.17) is 5.11 Å². The number of carboxylic acids is 1. The van der Waals surface area contributed by atoms with Crippen molar-refractivity contribution in [3.63, 3.8) is 0 Å². The van der Waals surface area contributed by atoms with E-state index in [1.165, 1.54) is 4.90 Å². The number of likely N-dealkylation sites (tertiary alicyclic amines) is 2. The van der Waals surface area contributed by atoms with Crippen molar-refractivity contribution in [3.8, 4) is 0 Å². The lowest BCUT2D eigenvalue weighted by Crippen LogP contribution is -2.50. The standard InChI is InChI=1S/C14H25N3O4/c1-15(2)8-10-3-5-16(6-4-10)14(21)17-9-11(18)7-12(17)13(19)20/h10-12,18H,3-9H2,1-2H3,(H,19,20)/t11-,12-/m1/s1. The van der Waals surface area contributed by atoms with Crippen LogP contribution in [0.15, 0.2) is 0 Å². The van der Waals surface area contributed by atoms with Crippen LogP contribution in [0.2, 0.25) is 0 Å². The third kappa shape index (κ3) is 3.85. The fourth-order valence-electron chi connectivity index (χ4n) is 3.26. The first-order valence-electron chi connectivity index (χ1n) is 7.49. The molecular weight excluding hydrogens is 274 g/mol. The Hall–Kier alpha value is -1.34. The maximum atomic E-state index is 12.5. The quantitative estimate of drug-likeness (QED) is 0.760. The molecular formula is C14H25N3O4. The van der Waals surface area contributed by atoms with Gasteiger partial charge in [-0.1, -0.05) is 0 Å². The minimum atomic E-state index is -1.04. The van der Waals surface area contributed by atoms with Crippen molar-refractivity contribution in [2.24, 2.45) is 5.92 Å². The summed E-state index contributed by atoms with van der Waals surface area (Å²) in [4.78, 5) is 28.8. The number of nitrogens with zero attached hydrogens (tertiary/aromatic N) is 3. The fourth-order valence-corrected chi connectivity index (χ4v) is 3.26. The summed E-state index contributed by atoms with van der Waals surface area (Å²) in [6.07, 6.45) is 1.27. The molecule has 2 rings (SSSR count). The first-order valence-corrected chi connectivity index (χ1v) is 7.49. The number of carbonyl (C=O) groups excluding carboxylic acids is 1. The second kappa shape index (κ2) is 6.62. The predicted molar refractivity (Wildman–Crippen MR) is 77.0 cm³/mol. The maximum absolute atomic E-state index is 12.5. The lowest BCUT2D eigenvalue weighted by atomic mass is 9.96. The Morgan fingerprint density at radius 1 is 1.24 bits per heavy atom. The lowest BCUT2D eigenvalue weighted by Gasteiger charge is -2.36. The second-order valence-corrected chi connectivity index (χ2v) is 6.37. The fraction of sp³-hybridized carbons (Fsp3) is 0.857. The van der Waals surface area contributed by atoms with Crippen LogP contribution in [0.4, 0.5) is 4.79 Å². The summed E-state index contributed by atoms with van der Waals surface area (Å²) in [5.41, 5.74) is 0. The molecule has 0 bridgehead atoms. The van der Waals surface area contributed by atoms with Crippen molar-refractivity contribution in [3.05, 3.63) is 0 Å². The van der Waals surface area contributed by atoms with Gasteiger partial charge in [0.15, 0.2) is 0 Å². The summed E-state index contributed by atoms with van der Waals surface area (Å²) in [6, 6.07) is -1.14. The van der Waals surface area contributed by atoms with Crippen LogP contribution in [0.5, 0.6) is 0 Å². The van der Waals surface area contributed by atoms with Gasteiger partial charge >= 0.3 is 12.0 Å². The van der Waals surface area contributed by atoms with Crippen LogP contribution in [-0.2, 0) is 4.79 Å². The molecule has 2 N–H and O–H groups in total. The van der Waals surface area contributed by atoms with Crippen molar-refractivity contribution in [1.29, 1.82) is 0 Å². The highest BCUT2D eigenvalue weighted by Gasteiger charge is 2.41. The SMILES string of the molecule is CN(C)CC1CCN(C(=O)N2C[C@H](O)C[C@@H]2C(=O)O)CC1. The Labute approximate surface area is 125 Å². The van der Waals surface area contributed by atoms with E-state index in [9.17, 15) is 14.7 Å². The molecule has 0 unspecified atom stereocenters. The van der Waals surface area contributed by atoms with Crippen LogP contribution < -0.4 is 0 Å². The number of urea groups is 1. The molecule has 0 aromatic carbocycles. The summed E-state index contributed by atoms with van der Waals surface area (Å²) in [5, 5.41) is 18.8. The first-order chi connectivity index (χ1) is 9.88. The van der Waals surface area contributed by atoms with Crippen molar-refractivity contribution in [2.75, 3.05) is 40.3 Å². The monoisotopic (exact) mass is 299 g/mol. The normalized spacial score (nSPS) is 27.4. The minimum absolute atomic E-state index is 0.118. The molecule has 0 aromatic rings. The van der Waals surface area contributed by atoms with E-state index in [-0.39, 0.29) is 19.0 Å². The van der Waals surface area contributed by atoms with Gasteiger partial charge in [-0.25, -0.2) is 9.59 Å². The zero-order chi connectivity index (χ0) is 15.6. The van der Waals surface area contributed by atoms with Gasteiger partial charge in [0, 0.05) is 32.6 Å². The average molecular weight is 299 g/mol. The van der Waals surface area contributed by atoms with E-state index in [0.29, 0.717) is 19.0 Å². The highest BCUT2D eigenvalue weighted by molar-refractivity contribution is 5.83. The number of aliphatic hydroxyl groups is 1. The molecule has 2 aliphatic rings. The van der Waals surface area contributed by atoms with E-state index < -0.39 is 18.1 Å². The van der Waals surface area contributed by atoms with Gasteiger partial charge in [0.25, 0.3) is 0 Å². The summed E-state index contributed by atoms with van der Waals surface area (Å²) < 4.78 is 0. The lowest BCUT2D eigenvalue weighted by molar-refractivity contribution is -0.141. The van der Waals surface area contributed by atoms with E-state index in [1.807, 2.05) is 14.1 Å². The van der Waals surface area contributed by atoms with Gasteiger partial charge in [-0.15, -0.1) is 0 Å². The van der Waals surface area contributed by atoms with Gasteiger partial charge in [0.2, 0.25) is 0 Å². The highest BCUT2D eigenvalue weighted by Crippen LogP contribution is 2.23. The smallest absolute Gasteiger partial charge is 0.326 e. The van der Waals surface area contributed by atoms with Crippen molar-refractivity contribution in [2.45, 2.75) is 31.4 Å². The molecule has 7 nitrogen and oxygen atoms in total. The summed E-state index contributed by atoms with van der Waals surface area (Å²) in [6.45, 7) is 2.46. The molecule has 120 valence electrons. The van der Waals surface area contributed by atoms with Crippen LogP contribution in [-0.4, -0.2) is 89.3 Å². The van der Waals surface area contributed by atoms with Crippen molar-refractivity contribution >= 4 is 12.0 Å². The van der Waals surface area contributed by atoms with Gasteiger partial charge in [0.05, 0.1) is 6.10 Å². The van der Waals surface area contributed by atoms with Gasteiger partial charge in [0.1, 0.15) is 6.04 Å². The third-order valence-electron chi connectivity index (χ3n) is 4.32. The Kier molecular flexibility index (Phi) is 5.05. The number of piperidine rings is 1. The molecule has 0 aliphatic carbocycles. The number of β-amino-alcohol motifs (C(OH)–C–C–N with tert-alkyl or cyclic N) is 1. The predicted octanol–water partition coefficient (Wildman–Crippen LogP) is -0.100. The first kappa shape index (κ1) is 16.0. The van der Waals surface area contributed by atoms with Crippen LogP contribution in [0.1, 0.15) is 19.3 Å². The number of aliphatic hydroxyl groups excluding tert-OH is 1. The maximum Gasteiger partial charge on any atom is 0.326 e. The van der Waals surface area contributed by atoms with Gasteiger partial charge in [-0.2, -0.15) is 0 Å². The number of carboxylic acid groups (broad SMARTS) is 1.